The number of nitrogens with two attached hydrogens (primary N) is 1. The minimum atomic E-state index is -0.980. The van der Waals surface area contributed by atoms with E-state index >= 15 is 0 Å². The van der Waals surface area contributed by atoms with Gasteiger partial charge in [0.15, 0.2) is 0 Å². The largest absolute Gasteiger partial charge is 0.368 e. The van der Waals surface area contributed by atoms with E-state index in [1.54, 1.807) is 34.7 Å². The van der Waals surface area contributed by atoms with Crippen LogP contribution in [-0.2, 0) is 28.8 Å². The van der Waals surface area contributed by atoms with E-state index in [-0.39, 0.29) is 30.2 Å². The molecule has 0 aromatic rings. The number of likely N-dealkylation sites (N-methyl/N-ethyl adjacent to an activating group) is 3. The minimum Gasteiger partial charge on any atom is -0.368 e. The van der Waals surface area contributed by atoms with Gasteiger partial charge in [-0.3, -0.25) is 28.8 Å². The van der Waals surface area contributed by atoms with Crippen LogP contribution in [0.25, 0.3) is 0 Å². The lowest BCUT2D eigenvalue weighted by atomic mass is 9.96. The van der Waals surface area contributed by atoms with Gasteiger partial charge < -0.3 is 31.1 Å². The summed E-state index contributed by atoms with van der Waals surface area (Å²) in [5.74, 6) is -3.34. The highest BCUT2D eigenvalue weighted by atomic mass is 16.2. The third-order valence-electron chi connectivity index (χ3n) is 6.80. The monoisotopic (exact) mass is 568 g/mol. The van der Waals surface area contributed by atoms with Gasteiger partial charge in [0, 0.05) is 27.6 Å². The van der Waals surface area contributed by atoms with E-state index in [2.05, 4.69) is 10.6 Å². The summed E-state index contributed by atoms with van der Waals surface area (Å²) in [6.45, 7) is 14.1. The summed E-state index contributed by atoms with van der Waals surface area (Å²) in [5, 5.41) is 5.36. The van der Waals surface area contributed by atoms with Gasteiger partial charge in [-0.2, -0.15) is 0 Å². The van der Waals surface area contributed by atoms with Crippen LogP contribution in [0.5, 0.6) is 0 Å². The van der Waals surface area contributed by atoms with Crippen molar-refractivity contribution >= 4 is 35.4 Å². The highest BCUT2D eigenvalue weighted by molar-refractivity contribution is 5.95. The maximum absolute atomic E-state index is 13.7. The molecule has 0 heterocycles. The number of primary amides is 1. The fourth-order valence-corrected chi connectivity index (χ4v) is 4.28. The Hall–Kier alpha value is -3.18. The Labute approximate surface area is 239 Å². The van der Waals surface area contributed by atoms with Gasteiger partial charge in [-0.25, -0.2) is 0 Å². The van der Waals surface area contributed by atoms with Gasteiger partial charge in [0.25, 0.3) is 0 Å². The highest BCUT2D eigenvalue weighted by Crippen LogP contribution is 2.17. The Morgan fingerprint density at radius 2 is 1.30 bits per heavy atom. The van der Waals surface area contributed by atoms with Crippen molar-refractivity contribution in [1.29, 1.82) is 0 Å². The van der Waals surface area contributed by atoms with Crippen LogP contribution in [0.2, 0.25) is 0 Å². The quantitative estimate of drug-likeness (QED) is 0.249. The molecule has 0 rings (SSSR count). The third kappa shape index (κ3) is 11.1. The van der Waals surface area contributed by atoms with Crippen molar-refractivity contribution in [2.45, 2.75) is 98.8 Å². The molecule has 0 unspecified atom stereocenters. The van der Waals surface area contributed by atoms with Crippen LogP contribution < -0.4 is 16.4 Å². The molecule has 0 saturated carbocycles. The topological polar surface area (TPSA) is 162 Å². The predicted molar refractivity (Wildman–Crippen MR) is 154 cm³/mol. The zero-order valence-electron chi connectivity index (χ0n) is 26.2. The molecular weight excluding hydrogens is 516 g/mol. The first-order valence-corrected chi connectivity index (χ1v) is 14.0. The van der Waals surface area contributed by atoms with E-state index in [1.807, 2.05) is 20.8 Å². The number of carbonyl (C=O) groups is 6. The Morgan fingerprint density at radius 3 is 1.73 bits per heavy atom. The molecule has 4 atom stereocenters. The van der Waals surface area contributed by atoms with Crippen LogP contribution in [0.3, 0.4) is 0 Å². The SMILES string of the molecule is CCCC(=O)N(C)CC(=O)N(C)[C@H](C(=O)N[C@H](C(=O)N(C)[C@@H](CC(C)C)C(=O)N[C@H](C)C(N)=O)C(C)C)C(C)C. The molecule has 0 aromatic heterocycles. The molecule has 12 nitrogen and oxygen atoms in total. The zero-order valence-corrected chi connectivity index (χ0v) is 26.2. The third-order valence-corrected chi connectivity index (χ3v) is 6.80. The van der Waals surface area contributed by atoms with Crippen molar-refractivity contribution in [1.82, 2.24) is 25.3 Å². The van der Waals surface area contributed by atoms with Gasteiger partial charge in [-0.05, 0) is 37.5 Å². The van der Waals surface area contributed by atoms with Crippen LogP contribution in [0, 0.1) is 17.8 Å². The fourth-order valence-electron chi connectivity index (χ4n) is 4.28. The lowest BCUT2D eigenvalue weighted by Gasteiger charge is -2.36. The molecule has 230 valence electrons. The van der Waals surface area contributed by atoms with Crippen LogP contribution in [0.15, 0.2) is 0 Å². The van der Waals surface area contributed by atoms with Gasteiger partial charge in [0.05, 0.1) is 6.54 Å². The second-order valence-corrected chi connectivity index (χ2v) is 11.7. The molecule has 40 heavy (non-hydrogen) atoms. The molecule has 0 bridgehead atoms. The summed E-state index contributed by atoms with van der Waals surface area (Å²) in [5.41, 5.74) is 5.29. The second-order valence-electron chi connectivity index (χ2n) is 11.7. The van der Waals surface area contributed by atoms with Crippen molar-refractivity contribution in [2.75, 3.05) is 27.7 Å². The molecule has 0 aliphatic rings. The lowest BCUT2D eigenvalue weighted by Crippen LogP contribution is -2.60. The number of amides is 6. The summed E-state index contributed by atoms with van der Waals surface area (Å²) in [4.78, 5) is 80.7. The van der Waals surface area contributed by atoms with E-state index in [0.29, 0.717) is 19.3 Å². The van der Waals surface area contributed by atoms with E-state index in [9.17, 15) is 28.8 Å². The first kappa shape index (κ1) is 36.8. The molecule has 4 N–H and O–H groups in total. The smallest absolute Gasteiger partial charge is 0.245 e. The molecule has 0 saturated heterocycles. The standard InChI is InChI=1S/C28H52N6O6/c1-12-13-21(35)32(9)15-22(36)34(11)24(18(6)7)27(39)31-23(17(4)5)28(40)33(10)20(14-16(2)3)26(38)30-19(8)25(29)37/h16-20,23-24H,12-15H2,1-11H3,(H2,29,37)(H,30,38)(H,31,39)/t19-,20+,23+,24+/m1/s1. The van der Waals surface area contributed by atoms with E-state index < -0.39 is 53.7 Å². The Bertz CT molecular complexity index is 906. The first-order chi connectivity index (χ1) is 18.4. The number of carbonyl (C=O) groups excluding carboxylic acids is 6. The summed E-state index contributed by atoms with van der Waals surface area (Å²) >= 11 is 0. The van der Waals surface area contributed by atoms with E-state index in [1.165, 1.54) is 35.7 Å². The Morgan fingerprint density at radius 1 is 0.750 bits per heavy atom. The number of nitrogens with one attached hydrogen (secondary N) is 2. The van der Waals surface area contributed by atoms with Gasteiger partial charge in [-0.1, -0.05) is 48.5 Å². The van der Waals surface area contributed by atoms with Crippen LogP contribution in [0.1, 0.15) is 74.7 Å². The van der Waals surface area contributed by atoms with Crippen molar-refractivity contribution in [3.05, 3.63) is 0 Å². The van der Waals surface area contributed by atoms with Crippen molar-refractivity contribution < 1.29 is 28.8 Å². The number of hydrogen-bond donors (Lipinski definition) is 3. The minimum absolute atomic E-state index is 0.0503. The Kier molecular flexibility index (Phi) is 15.5. The normalized spacial score (nSPS) is 14.2. The van der Waals surface area contributed by atoms with Crippen molar-refractivity contribution in [3.63, 3.8) is 0 Å². The number of rotatable bonds is 16. The van der Waals surface area contributed by atoms with Gasteiger partial charge >= 0.3 is 0 Å². The number of nitrogens with zero attached hydrogens (tertiary/aromatic N) is 3. The molecule has 0 aromatic carbocycles. The predicted octanol–water partition coefficient (Wildman–Crippen LogP) is 0.732. The summed E-state index contributed by atoms with van der Waals surface area (Å²) in [6.07, 6.45) is 1.31. The van der Waals surface area contributed by atoms with Crippen molar-refractivity contribution in [3.8, 4) is 0 Å². The van der Waals surface area contributed by atoms with Crippen LogP contribution >= 0.6 is 0 Å². The van der Waals surface area contributed by atoms with Gasteiger partial charge in [0.2, 0.25) is 35.4 Å². The molecule has 6 amide bonds. The number of hydrogen-bond acceptors (Lipinski definition) is 6. The lowest BCUT2D eigenvalue weighted by molar-refractivity contribution is -0.147. The molecule has 0 aliphatic carbocycles. The highest BCUT2D eigenvalue weighted by Gasteiger charge is 2.37. The van der Waals surface area contributed by atoms with E-state index in [4.69, 9.17) is 5.73 Å². The maximum Gasteiger partial charge on any atom is 0.245 e. The fraction of sp³-hybridized carbons (Fsp3) is 0.786. The van der Waals surface area contributed by atoms with Gasteiger partial charge in [-0.15, -0.1) is 0 Å². The van der Waals surface area contributed by atoms with Crippen molar-refractivity contribution in [2.24, 2.45) is 23.5 Å². The summed E-state index contributed by atoms with van der Waals surface area (Å²) < 4.78 is 0. The first-order valence-electron chi connectivity index (χ1n) is 14.0. The summed E-state index contributed by atoms with van der Waals surface area (Å²) in [6, 6.07) is -3.68. The average molecular weight is 569 g/mol. The average Bonchev–Trinajstić information content (AvgIpc) is 2.84. The molecule has 0 fully saturated rings. The van der Waals surface area contributed by atoms with Gasteiger partial charge in [0.1, 0.15) is 24.2 Å². The summed E-state index contributed by atoms with van der Waals surface area (Å²) in [7, 11) is 4.54. The maximum atomic E-state index is 13.7. The van der Waals surface area contributed by atoms with Crippen LogP contribution in [0.4, 0.5) is 0 Å². The zero-order chi connectivity index (χ0) is 31.5. The second kappa shape index (κ2) is 16.8. The molecule has 12 heteroatoms. The molecule has 0 spiro atoms. The van der Waals surface area contributed by atoms with E-state index in [0.717, 1.165) is 0 Å². The molecule has 0 radical (unpaired) electrons. The Balaban J connectivity index is 5.91. The molecular formula is C28H52N6O6. The molecule has 0 aliphatic heterocycles. The van der Waals surface area contributed by atoms with Crippen LogP contribution in [-0.4, -0.2) is 102 Å².